The lowest BCUT2D eigenvalue weighted by Crippen LogP contribution is -2.36. The molecule has 0 radical (unpaired) electrons. The first-order chi connectivity index (χ1) is 10.1. The number of rotatable bonds is 3. The van der Waals surface area contributed by atoms with Gasteiger partial charge in [0.25, 0.3) is 0 Å². The highest BCUT2D eigenvalue weighted by molar-refractivity contribution is 9.10. The smallest absolute Gasteiger partial charge is 0.0848 e. The van der Waals surface area contributed by atoms with Crippen molar-refractivity contribution in [1.82, 2.24) is 0 Å². The SMILES string of the molecule is CC(N)(CC1OCCc2ccccc21)c1ccc(Br)cc1. The summed E-state index contributed by atoms with van der Waals surface area (Å²) in [4.78, 5) is 0. The van der Waals surface area contributed by atoms with Crippen LogP contribution in [0.2, 0.25) is 0 Å². The van der Waals surface area contributed by atoms with Crippen molar-refractivity contribution in [1.29, 1.82) is 0 Å². The highest BCUT2D eigenvalue weighted by Gasteiger charge is 2.30. The van der Waals surface area contributed by atoms with Crippen molar-refractivity contribution in [3.63, 3.8) is 0 Å². The van der Waals surface area contributed by atoms with E-state index in [1.54, 1.807) is 0 Å². The van der Waals surface area contributed by atoms with Crippen LogP contribution in [0.25, 0.3) is 0 Å². The molecule has 3 rings (SSSR count). The molecule has 3 heteroatoms. The number of hydrogen-bond acceptors (Lipinski definition) is 2. The molecule has 0 aliphatic carbocycles. The quantitative estimate of drug-likeness (QED) is 0.898. The van der Waals surface area contributed by atoms with Gasteiger partial charge in [0.1, 0.15) is 0 Å². The first-order valence-corrected chi connectivity index (χ1v) is 8.10. The average Bonchev–Trinajstić information content (AvgIpc) is 2.48. The molecule has 0 spiro atoms. The molecule has 0 bridgehead atoms. The molecule has 1 heterocycles. The van der Waals surface area contributed by atoms with Crippen LogP contribution in [0.1, 0.15) is 36.1 Å². The van der Waals surface area contributed by atoms with E-state index in [0.717, 1.165) is 29.5 Å². The molecule has 110 valence electrons. The summed E-state index contributed by atoms with van der Waals surface area (Å²) in [6.07, 6.45) is 1.85. The molecule has 0 saturated carbocycles. The maximum absolute atomic E-state index is 6.58. The second-order valence-electron chi connectivity index (χ2n) is 5.94. The third-order valence-corrected chi connectivity index (χ3v) is 4.73. The van der Waals surface area contributed by atoms with E-state index in [2.05, 4.69) is 59.3 Å². The van der Waals surface area contributed by atoms with Crippen LogP contribution in [-0.4, -0.2) is 6.61 Å². The Morgan fingerprint density at radius 2 is 1.90 bits per heavy atom. The van der Waals surface area contributed by atoms with Crippen LogP contribution in [0.3, 0.4) is 0 Å². The Balaban J connectivity index is 1.84. The first-order valence-electron chi connectivity index (χ1n) is 7.30. The number of nitrogens with two attached hydrogens (primary N) is 1. The van der Waals surface area contributed by atoms with Crippen LogP contribution < -0.4 is 5.73 Å². The van der Waals surface area contributed by atoms with Crippen molar-refractivity contribution < 1.29 is 4.74 Å². The van der Waals surface area contributed by atoms with Gasteiger partial charge in [-0.25, -0.2) is 0 Å². The molecule has 1 aliphatic rings. The molecule has 2 N–H and O–H groups in total. The predicted octanol–water partition coefficient (Wildman–Crippen LogP) is 4.33. The number of benzene rings is 2. The minimum absolute atomic E-state index is 0.0774. The summed E-state index contributed by atoms with van der Waals surface area (Å²) in [6, 6.07) is 16.8. The Kier molecular flexibility index (Phi) is 4.16. The fourth-order valence-electron chi connectivity index (χ4n) is 2.98. The Bertz CT molecular complexity index is 621. The summed E-state index contributed by atoms with van der Waals surface area (Å²) in [5, 5.41) is 0. The molecule has 2 atom stereocenters. The van der Waals surface area contributed by atoms with Gasteiger partial charge in [0.2, 0.25) is 0 Å². The lowest BCUT2D eigenvalue weighted by Gasteiger charge is -2.33. The van der Waals surface area contributed by atoms with Crippen LogP contribution in [0.4, 0.5) is 0 Å². The number of hydrogen-bond donors (Lipinski definition) is 1. The molecule has 0 fully saturated rings. The van der Waals surface area contributed by atoms with Gasteiger partial charge in [0.05, 0.1) is 12.7 Å². The van der Waals surface area contributed by atoms with Crippen LogP contribution in [0.15, 0.2) is 53.0 Å². The number of halogens is 1. The molecular formula is C18H20BrNO. The third kappa shape index (κ3) is 3.20. The highest BCUT2D eigenvalue weighted by atomic mass is 79.9. The molecule has 2 nitrogen and oxygen atoms in total. The standard InChI is InChI=1S/C18H20BrNO/c1-18(20,14-6-8-15(19)9-7-14)12-17-16-5-3-2-4-13(16)10-11-21-17/h2-9,17H,10-12,20H2,1H3. The van der Waals surface area contributed by atoms with Gasteiger partial charge in [-0.2, -0.15) is 0 Å². The van der Waals surface area contributed by atoms with Crippen LogP contribution in [0, 0.1) is 0 Å². The molecule has 2 aromatic rings. The van der Waals surface area contributed by atoms with Gasteiger partial charge in [0, 0.05) is 10.0 Å². The minimum atomic E-state index is -0.407. The van der Waals surface area contributed by atoms with E-state index in [1.165, 1.54) is 11.1 Å². The van der Waals surface area contributed by atoms with Crippen molar-refractivity contribution in [3.8, 4) is 0 Å². The van der Waals surface area contributed by atoms with Gasteiger partial charge in [-0.15, -0.1) is 0 Å². The predicted molar refractivity (Wildman–Crippen MR) is 89.1 cm³/mol. The highest BCUT2D eigenvalue weighted by Crippen LogP contribution is 2.36. The summed E-state index contributed by atoms with van der Waals surface area (Å²) in [5.41, 5.74) is 9.99. The molecule has 2 aromatic carbocycles. The Hall–Kier alpha value is -1.16. The maximum Gasteiger partial charge on any atom is 0.0848 e. The molecule has 21 heavy (non-hydrogen) atoms. The summed E-state index contributed by atoms with van der Waals surface area (Å²) in [7, 11) is 0. The van der Waals surface area contributed by atoms with Crippen molar-refractivity contribution in [3.05, 3.63) is 69.7 Å². The zero-order valence-corrected chi connectivity index (χ0v) is 13.8. The van der Waals surface area contributed by atoms with Crippen molar-refractivity contribution in [2.45, 2.75) is 31.4 Å². The van der Waals surface area contributed by atoms with Crippen LogP contribution in [-0.2, 0) is 16.7 Å². The fraction of sp³-hybridized carbons (Fsp3) is 0.333. The number of fused-ring (bicyclic) bond motifs is 1. The largest absolute Gasteiger partial charge is 0.373 e. The van der Waals surface area contributed by atoms with Crippen molar-refractivity contribution in [2.75, 3.05) is 6.61 Å². The van der Waals surface area contributed by atoms with Crippen LogP contribution >= 0.6 is 15.9 Å². The second kappa shape index (κ2) is 5.91. The van der Waals surface area contributed by atoms with E-state index in [9.17, 15) is 0 Å². The topological polar surface area (TPSA) is 35.2 Å². The molecule has 1 aliphatic heterocycles. The van der Waals surface area contributed by atoms with Gasteiger partial charge in [-0.05, 0) is 48.6 Å². The average molecular weight is 346 g/mol. The summed E-state index contributed by atoms with van der Waals surface area (Å²) in [6.45, 7) is 2.86. The fourth-order valence-corrected chi connectivity index (χ4v) is 3.24. The molecule has 0 aromatic heterocycles. The zero-order valence-electron chi connectivity index (χ0n) is 12.2. The van der Waals surface area contributed by atoms with E-state index in [1.807, 2.05) is 12.1 Å². The van der Waals surface area contributed by atoms with E-state index in [-0.39, 0.29) is 6.10 Å². The van der Waals surface area contributed by atoms with Gasteiger partial charge in [-0.1, -0.05) is 52.3 Å². The van der Waals surface area contributed by atoms with E-state index >= 15 is 0 Å². The van der Waals surface area contributed by atoms with E-state index in [0.29, 0.717) is 0 Å². The Morgan fingerprint density at radius 1 is 1.19 bits per heavy atom. The Labute approximate surface area is 134 Å². The van der Waals surface area contributed by atoms with Crippen molar-refractivity contribution >= 4 is 15.9 Å². The lowest BCUT2D eigenvalue weighted by atomic mass is 9.83. The normalized spacial score (nSPS) is 20.6. The summed E-state index contributed by atoms with van der Waals surface area (Å²) >= 11 is 3.47. The number of ether oxygens (including phenoxy) is 1. The second-order valence-corrected chi connectivity index (χ2v) is 6.85. The van der Waals surface area contributed by atoms with E-state index < -0.39 is 5.54 Å². The van der Waals surface area contributed by atoms with E-state index in [4.69, 9.17) is 10.5 Å². The van der Waals surface area contributed by atoms with Crippen molar-refractivity contribution in [2.24, 2.45) is 5.73 Å². The summed E-state index contributed by atoms with van der Waals surface area (Å²) in [5.74, 6) is 0. The first kappa shape index (κ1) is 14.8. The lowest BCUT2D eigenvalue weighted by molar-refractivity contribution is 0.0222. The molecule has 2 unspecified atom stereocenters. The van der Waals surface area contributed by atoms with Gasteiger partial charge in [-0.3, -0.25) is 0 Å². The van der Waals surface area contributed by atoms with Crippen LogP contribution in [0.5, 0.6) is 0 Å². The molecular weight excluding hydrogens is 326 g/mol. The third-order valence-electron chi connectivity index (χ3n) is 4.21. The summed E-state index contributed by atoms with van der Waals surface area (Å²) < 4.78 is 7.07. The van der Waals surface area contributed by atoms with Gasteiger partial charge in [0.15, 0.2) is 0 Å². The zero-order chi connectivity index (χ0) is 14.9. The molecule has 0 amide bonds. The van der Waals surface area contributed by atoms with Gasteiger partial charge < -0.3 is 10.5 Å². The Morgan fingerprint density at radius 3 is 2.67 bits per heavy atom. The molecule has 0 saturated heterocycles. The maximum atomic E-state index is 6.58. The monoisotopic (exact) mass is 345 g/mol. The minimum Gasteiger partial charge on any atom is -0.373 e. The van der Waals surface area contributed by atoms with Gasteiger partial charge >= 0.3 is 0 Å².